The highest BCUT2D eigenvalue weighted by atomic mass is 35.5. The third-order valence-electron chi connectivity index (χ3n) is 5.32. The first kappa shape index (κ1) is 24.8. The third kappa shape index (κ3) is 6.00. The number of esters is 1. The van der Waals surface area contributed by atoms with E-state index in [4.69, 9.17) is 25.8 Å². The van der Waals surface area contributed by atoms with Gasteiger partial charge in [-0.05, 0) is 72.3 Å². The molecule has 0 aliphatic rings. The molecule has 0 saturated heterocycles. The Morgan fingerprint density at radius 3 is 2.33 bits per heavy atom. The number of hydrogen-bond donors (Lipinski definition) is 1. The summed E-state index contributed by atoms with van der Waals surface area (Å²) in [6.07, 6.45) is 0.648. The average Bonchev–Trinajstić information content (AvgIpc) is 2.90. The summed E-state index contributed by atoms with van der Waals surface area (Å²) >= 11 is 5.88. The highest BCUT2D eigenvalue weighted by molar-refractivity contribution is 6.30. The van der Waals surface area contributed by atoms with Crippen LogP contribution in [0.5, 0.6) is 17.2 Å². The molecule has 4 aromatic rings. The molecule has 0 aromatic heterocycles. The predicted octanol–water partition coefficient (Wildman–Crippen LogP) is 5.64. The second-order valence-corrected chi connectivity index (χ2v) is 8.20. The molecule has 8 heteroatoms. The zero-order valence-electron chi connectivity index (χ0n) is 19.6. The molecule has 36 heavy (non-hydrogen) atoms. The number of nitrogens with zero attached hydrogens (tertiary/aromatic N) is 1. The lowest BCUT2D eigenvalue weighted by atomic mass is 10.0. The lowest BCUT2D eigenvalue weighted by molar-refractivity contribution is -0.127. The number of carbonyl (C=O) groups is 2. The maximum atomic E-state index is 12.8. The fourth-order valence-corrected chi connectivity index (χ4v) is 3.53. The van der Waals surface area contributed by atoms with Gasteiger partial charge in [0.2, 0.25) is 0 Å². The second-order valence-electron chi connectivity index (χ2n) is 7.76. The van der Waals surface area contributed by atoms with Gasteiger partial charge < -0.3 is 14.2 Å². The quantitative estimate of drug-likeness (QED) is 0.146. The normalized spacial score (nSPS) is 11.8. The number of rotatable bonds is 8. The third-order valence-corrected chi connectivity index (χ3v) is 5.58. The zero-order chi connectivity index (χ0) is 25.5. The largest absolute Gasteiger partial charge is 0.497 e. The number of benzene rings is 4. The highest BCUT2D eigenvalue weighted by Crippen LogP contribution is 2.27. The van der Waals surface area contributed by atoms with E-state index in [0.29, 0.717) is 33.4 Å². The molecule has 1 N–H and O–H groups in total. The lowest BCUT2D eigenvalue weighted by Gasteiger charge is -2.13. The van der Waals surface area contributed by atoms with Gasteiger partial charge >= 0.3 is 5.97 Å². The maximum absolute atomic E-state index is 12.8. The summed E-state index contributed by atoms with van der Waals surface area (Å²) in [5, 5.41) is 6.40. The van der Waals surface area contributed by atoms with Gasteiger partial charge in [0.05, 0.1) is 18.9 Å². The van der Waals surface area contributed by atoms with Gasteiger partial charge in [0.25, 0.3) is 5.91 Å². The van der Waals surface area contributed by atoms with Gasteiger partial charge in [-0.2, -0.15) is 5.10 Å². The van der Waals surface area contributed by atoms with Crippen molar-refractivity contribution in [3.63, 3.8) is 0 Å². The van der Waals surface area contributed by atoms with Crippen molar-refractivity contribution in [2.75, 3.05) is 7.11 Å². The molecule has 1 atom stereocenters. The standard InChI is InChI=1S/C28H23ClN2O5/c1-18(35-23-14-10-21(29)11-15-23)27(32)31-30-17-25-24-6-4-3-5-19(24)9-16-26(25)36-28(33)20-7-12-22(34-2)13-8-20/h3-18H,1-2H3,(H,31,32). The van der Waals surface area contributed by atoms with Gasteiger partial charge in [0.15, 0.2) is 6.10 Å². The molecule has 0 heterocycles. The van der Waals surface area contributed by atoms with Crippen molar-refractivity contribution in [3.05, 3.63) is 101 Å². The molecule has 0 aliphatic carbocycles. The number of fused-ring (bicyclic) bond motifs is 1. The van der Waals surface area contributed by atoms with E-state index >= 15 is 0 Å². The van der Waals surface area contributed by atoms with Gasteiger partial charge in [0.1, 0.15) is 17.2 Å². The van der Waals surface area contributed by atoms with Gasteiger partial charge in [-0.25, -0.2) is 10.2 Å². The summed E-state index contributed by atoms with van der Waals surface area (Å²) in [4.78, 5) is 25.3. The van der Waals surface area contributed by atoms with Crippen molar-refractivity contribution >= 4 is 40.5 Å². The van der Waals surface area contributed by atoms with Crippen LogP contribution in [0.15, 0.2) is 90.0 Å². The van der Waals surface area contributed by atoms with Crippen LogP contribution in [0.2, 0.25) is 5.02 Å². The van der Waals surface area contributed by atoms with Crippen LogP contribution < -0.4 is 19.6 Å². The first-order valence-electron chi connectivity index (χ1n) is 11.1. The minimum Gasteiger partial charge on any atom is -0.497 e. The van der Waals surface area contributed by atoms with E-state index in [-0.39, 0.29) is 0 Å². The highest BCUT2D eigenvalue weighted by Gasteiger charge is 2.16. The Labute approximate surface area is 213 Å². The van der Waals surface area contributed by atoms with Crippen LogP contribution in [0, 0.1) is 0 Å². The number of amides is 1. The van der Waals surface area contributed by atoms with Crippen molar-refractivity contribution < 1.29 is 23.8 Å². The molecule has 7 nitrogen and oxygen atoms in total. The van der Waals surface area contributed by atoms with E-state index in [1.54, 1.807) is 68.6 Å². The molecule has 1 amide bonds. The Hall–Kier alpha value is -4.36. The number of ether oxygens (including phenoxy) is 3. The van der Waals surface area contributed by atoms with Crippen LogP contribution in [0.3, 0.4) is 0 Å². The minimum absolute atomic E-state index is 0.304. The first-order chi connectivity index (χ1) is 17.4. The molecule has 0 aliphatic heterocycles. The van der Waals surface area contributed by atoms with Crippen LogP contribution in [0.1, 0.15) is 22.8 Å². The van der Waals surface area contributed by atoms with E-state index in [9.17, 15) is 9.59 Å². The summed E-state index contributed by atoms with van der Waals surface area (Å²) in [7, 11) is 1.55. The summed E-state index contributed by atoms with van der Waals surface area (Å²) in [6, 6.07) is 24.5. The molecule has 1 unspecified atom stereocenters. The number of hydrazone groups is 1. The second kappa shape index (κ2) is 11.4. The van der Waals surface area contributed by atoms with Crippen LogP contribution in [-0.2, 0) is 4.79 Å². The molecule has 4 aromatic carbocycles. The van der Waals surface area contributed by atoms with Crippen molar-refractivity contribution in [3.8, 4) is 17.2 Å². The van der Waals surface area contributed by atoms with E-state index in [1.165, 1.54) is 6.21 Å². The van der Waals surface area contributed by atoms with Gasteiger partial charge in [-0.3, -0.25) is 4.79 Å². The Kier molecular flexibility index (Phi) is 7.82. The van der Waals surface area contributed by atoms with Crippen molar-refractivity contribution in [2.45, 2.75) is 13.0 Å². The monoisotopic (exact) mass is 502 g/mol. The van der Waals surface area contributed by atoms with E-state index in [0.717, 1.165) is 10.8 Å². The van der Waals surface area contributed by atoms with Crippen LogP contribution in [-0.4, -0.2) is 31.3 Å². The molecule has 182 valence electrons. The van der Waals surface area contributed by atoms with Gasteiger partial charge in [0, 0.05) is 10.6 Å². The number of nitrogens with one attached hydrogen (secondary N) is 1. The van der Waals surface area contributed by atoms with Crippen LogP contribution in [0.25, 0.3) is 10.8 Å². The SMILES string of the molecule is COc1ccc(C(=O)Oc2ccc3ccccc3c2C=NNC(=O)C(C)Oc2ccc(Cl)cc2)cc1. The topological polar surface area (TPSA) is 86.2 Å². The smallest absolute Gasteiger partial charge is 0.343 e. The Balaban J connectivity index is 1.52. The lowest BCUT2D eigenvalue weighted by Crippen LogP contribution is -2.33. The molecule has 4 rings (SSSR count). The number of hydrogen-bond acceptors (Lipinski definition) is 6. The number of halogens is 1. The Morgan fingerprint density at radius 1 is 0.917 bits per heavy atom. The summed E-state index contributed by atoms with van der Waals surface area (Å²) in [5.74, 6) is 0.468. The maximum Gasteiger partial charge on any atom is 0.343 e. The van der Waals surface area contributed by atoms with Crippen molar-refractivity contribution in [1.82, 2.24) is 5.43 Å². The van der Waals surface area contributed by atoms with Gasteiger partial charge in [-0.15, -0.1) is 0 Å². The van der Waals surface area contributed by atoms with Crippen LogP contribution in [0.4, 0.5) is 0 Å². The molecule has 0 bridgehead atoms. The molecular weight excluding hydrogens is 480 g/mol. The molecular formula is C28H23ClN2O5. The first-order valence-corrected chi connectivity index (χ1v) is 11.5. The van der Waals surface area contributed by atoms with Gasteiger partial charge in [-0.1, -0.05) is 41.9 Å². The average molecular weight is 503 g/mol. The van der Waals surface area contributed by atoms with Crippen molar-refractivity contribution in [1.29, 1.82) is 0 Å². The van der Waals surface area contributed by atoms with Crippen LogP contribution >= 0.6 is 11.6 Å². The molecule has 0 spiro atoms. The van der Waals surface area contributed by atoms with E-state index in [1.807, 2.05) is 30.3 Å². The Bertz CT molecular complexity index is 1400. The fourth-order valence-electron chi connectivity index (χ4n) is 3.41. The van der Waals surface area contributed by atoms with Crippen molar-refractivity contribution in [2.24, 2.45) is 5.10 Å². The molecule has 0 saturated carbocycles. The predicted molar refractivity (Wildman–Crippen MR) is 139 cm³/mol. The molecule has 0 fully saturated rings. The zero-order valence-corrected chi connectivity index (χ0v) is 20.4. The molecule has 0 radical (unpaired) electrons. The Morgan fingerprint density at radius 2 is 1.61 bits per heavy atom. The fraction of sp³-hybridized carbons (Fsp3) is 0.107. The van der Waals surface area contributed by atoms with E-state index < -0.39 is 18.0 Å². The number of carbonyl (C=O) groups excluding carboxylic acids is 2. The summed E-state index contributed by atoms with van der Waals surface area (Å²) in [6.45, 7) is 1.61. The summed E-state index contributed by atoms with van der Waals surface area (Å²) < 4.78 is 16.4. The van der Waals surface area contributed by atoms with E-state index in [2.05, 4.69) is 10.5 Å². The summed E-state index contributed by atoms with van der Waals surface area (Å²) in [5.41, 5.74) is 3.39. The number of methoxy groups -OCH3 is 1. The minimum atomic E-state index is -0.803.